The average molecular weight is 244 g/mol. The van der Waals surface area contributed by atoms with Crippen LogP contribution >= 0.6 is 27.3 Å². The summed E-state index contributed by atoms with van der Waals surface area (Å²) >= 11 is 4.88. The SMILES string of the molecule is Cc1nc2c(Br)ccc(O)c2s1. The molecule has 0 saturated carbocycles. The minimum absolute atomic E-state index is 0.304. The Morgan fingerprint density at radius 1 is 1.50 bits per heavy atom. The van der Waals surface area contributed by atoms with Crippen molar-refractivity contribution in [2.45, 2.75) is 6.92 Å². The largest absolute Gasteiger partial charge is 0.506 e. The third kappa shape index (κ3) is 1.11. The van der Waals surface area contributed by atoms with Crippen LogP contribution in [-0.4, -0.2) is 10.1 Å². The van der Waals surface area contributed by atoms with Gasteiger partial charge < -0.3 is 5.11 Å². The van der Waals surface area contributed by atoms with Crippen LogP contribution in [0.15, 0.2) is 16.6 Å². The standard InChI is InChI=1S/C8H6BrNOS/c1-4-10-7-5(9)2-3-6(11)8(7)12-4/h2-3,11H,1H3. The molecule has 0 aliphatic heterocycles. The average Bonchev–Trinajstić information content (AvgIpc) is 2.41. The normalized spacial score (nSPS) is 10.8. The van der Waals surface area contributed by atoms with Gasteiger partial charge in [-0.3, -0.25) is 0 Å². The number of hydrogen-bond acceptors (Lipinski definition) is 3. The number of thiazole rings is 1. The molecule has 1 aromatic heterocycles. The lowest BCUT2D eigenvalue weighted by molar-refractivity contribution is 0.482. The highest BCUT2D eigenvalue weighted by atomic mass is 79.9. The lowest BCUT2D eigenvalue weighted by Crippen LogP contribution is -1.71. The van der Waals surface area contributed by atoms with Gasteiger partial charge in [0.1, 0.15) is 5.75 Å². The molecule has 0 aliphatic carbocycles. The highest BCUT2D eigenvalue weighted by Gasteiger charge is 2.07. The van der Waals surface area contributed by atoms with Crippen LogP contribution in [0.25, 0.3) is 10.2 Å². The monoisotopic (exact) mass is 243 g/mol. The lowest BCUT2D eigenvalue weighted by atomic mass is 10.3. The molecule has 62 valence electrons. The molecular formula is C8H6BrNOS. The van der Waals surface area contributed by atoms with Crippen LogP contribution in [0.5, 0.6) is 5.75 Å². The summed E-state index contributed by atoms with van der Waals surface area (Å²) in [6, 6.07) is 3.47. The Labute approximate surface area is 82.0 Å². The summed E-state index contributed by atoms with van der Waals surface area (Å²) in [5.74, 6) is 0.304. The fourth-order valence-electron chi connectivity index (χ4n) is 1.07. The minimum atomic E-state index is 0.304. The number of phenolic OH excluding ortho intramolecular Hbond substituents is 1. The number of aromatic nitrogens is 1. The van der Waals surface area contributed by atoms with E-state index in [9.17, 15) is 5.11 Å². The molecule has 0 unspecified atom stereocenters. The number of phenols is 1. The van der Waals surface area contributed by atoms with Crippen LogP contribution < -0.4 is 0 Å². The van der Waals surface area contributed by atoms with Gasteiger partial charge in [0, 0.05) is 4.47 Å². The van der Waals surface area contributed by atoms with E-state index in [0.717, 1.165) is 19.7 Å². The number of aryl methyl sites for hydroxylation is 1. The van der Waals surface area contributed by atoms with E-state index in [2.05, 4.69) is 20.9 Å². The first-order valence-corrected chi connectivity index (χ1v) is 5.04. The lowest BCUT2D eigenvalue weighted by Gasteiger charge is -1.93. The summed E-state index contributed by atoms with van der Waals surface area (Å²) in [6.45, 7) is 1.93. The Morgan fingerprint density at radius 3 is 2.92 bits per heavy atom. The van der Waals surface area contributed by atoms with E-state index < -0.39 is 0 Å². The van der Waals surface area contributed by atoms with Crippen molar-refractivity contribution < 1.29 is 5.11 Å². The predicted octanol–water partition coefficient (Wildman–Crippen LogP) is 3.07. The van der Waals surface area contributed by atoms with Gasteiger partial charge in [0.2, 0.25) is 0 Å². The summed E-state index contributed by atoms with van der Waals surface area (Å²) in [6.07, 6.45) is 0. The van der Waals surface area contributed by atoms with Crippen LogP contribution in [0.1, 0.15) is 5.01 Å². The van der Waals surface area contributed by atoms with Crippen molar-refractivity contribution in [3.63, 3.8) is 0 Å². The van der Waals surface area contributed by atoms with Gasteiger partial charge in [-0.25, -0.2) is 4.98 Å². The summed E-state index contributed by atoms with van der Waals surface area (Å²) in [7, 11) is 0. The second-order valence-electron chi connectivity index (χ2n) is 2.48. The van der Waals surface area contributed by atoms with Crippen molar-refractivity contribution >= 4 is 37.5 Å². The first-order valence-electron chi connectivity index (χ1n) is 3.43. The Kier molecular flexibility index (Phi) is 1.81. The Balaban J connectivity index is 2.93. The van der Waals surface area contributed by atoms with Gasteiger partial charge in [0.05, 0.1) is 15.2 Å². The van der Waals surface area contributed by atoms with Gasteiger partial charge in [0.15, 0.2) is 0 Å². The summed E-state index contributed by atoms with van der Waals surface area (Å²) < 4.78 is 1.78. The first-order chi connectivity index (χ1) is 5.68. The summed E-state index contributed by atoms with van der Waals surface area (Å²) in [5.41, 5.74) is 0.845. The maximum Gasteiger partial charge on any atom is 0.135 e. The predicted molar refractivity (Wildman–Crippen MR) is 53.7 cm³/mol. The van der Waals surface area contributed by atoms with Gasteiger partial charge >= 0.3 is 0 Å². The van der Waals surface area contributed by atoms with E-state index in [1.165, 1.54) is 11.3 Å². The highest BCUT2D eigenvalue weighted by molar-refractivity contribution is 9.10. The van der Waals surface area contributed by atoms with Crippen molar-refractivity contribution in [1.82, 2.24) is 4.98 Å². The molecule has 0 amide bonds. The Bertz CT molecular complexity index is 399. The third-order valence-corrected chi connectivity index (χ3v) is 3.21. The molecule has 0 fully saturated rings. The maximum atomic E-state index is 9.46. The van der Waals surface area contributed by atoms with Crippen LogP contribution in [0.4, 0.5) is 0 Å². The smallest absolute Gasteiger partial charge is 0.135 e. The number of halogens is 1. The van der Waals surface area contributed by atoms with E-state index in [0.29, 0.717) is 5.75 Å². The molecule has 2 rings (SSSR count). The van der Waals surface area contributed by atoms with E-state index >= 15 is 0 Å². The maximum absolute atomic E-state index is 9.46. The molecule has 2 aromatic rings. The highest BCUT2D eigenvalue weighted by Crippen LogP contribution is 2.34. The molecule has 1 heterocycles. The van der Waals surface area contributed by atoms with Crippen molar-refractivity contribution in [1.29, 1.82) is 0 Å². The second kappa shape index (κ2) is 2.71. The molecule has 2 nitrogen and oxygen atoms in total. The van der Waals surface area contributed by atoms with E-state index in [4.69, 9.17) is 0 Å². The fraction of sp³-hybridized carbons (Fsp3) is 0.125. The second-order valence-corrected chi connectivity index (χ2v) is 4.53. The number of nitrogens with zero attached hydrogens (tertiary/aromatic N) is 1. The number of rotatable bonds is 0. The van der Waals surface area contributed by atoms with E-state index in [-0.39, 0.29) is 0 Å². The van der Waals surface area contributed by atoms with Gasteiger partial charge in [-0.2, -0.15) is 0 Å². The molecule has 1 aromatic carbocycles. The molecule has 1 N–H and O–H groups in total. The molecule has 0 spiro atoms. The zero-order chi connectivity index (χ0) is 8.72. The van der Waals surface area contributed by atoms with Crippen LogP contribution in [0, 0.1) is 6.92 Å². The van der Waals surface area contributed by atoms with Crippen LogP contribution in [0.2, 0.25) is 0 Å². The quantitative estimate of drug-likeness (QED) is 0.772. The summed E-state index contributed by atoms with van der Waals surface area (Å²) in [4.78, 5) is 4.29. The van der Waals surface area contributed by atoms with Crippen molar-refractivity contribution in [3.8, 4) is 5.75 Å². The molecule has 0 aliphatic rings. The van der Waals surface area contributed by atoms with E-state index in [1.54, 1.807) is 12.1 Å². The first kappa shape index (κ1) is 8.01. The zero-order valence-electron chi connectivity index (χ0n) is 6.34. The Hall–Kier alpha value is -0.610. The minimum Gasteiger partial charge on any atom is -0.506 e. The molecule has 0 radical (unpaired) electrons. The van der Waals surface area contributed by atoms with Gasteiger partial charge in [0.25, 0.3) is 0 Å². The van der Waals surface area contributed by atoms with Gasteiger partial charge in [-0.05, 0) is 35.0 Å². The number of hydrogen-bond donors (Lipinski definition) is 1. The van der Waals surface area contributed by atoms with Crippen molar-refractivity contribution in [2.75, 3.05) is 0 Å². The third-order valence-electron chi connectivity index (χ3n) is 1.58. The number of benzene rings is 1. The van der Waals surface area contributed by atoms with Crippen LogP contribution in [-0.2, 0) is 0 Å². The van der Waals surface area contributed by atoms with E-state index in [1.807, 2.05) is 6.92 Å². The topological polar surface area (TPSA) is 33.1 Å². The fourth-order valence-corrected chi connectivity index (χ4v) is 2.48. The van der Waals surface area contributed by atoms with Gasteiger partial charge in [-0.1, -0.05) is 0 Å². The Morgan fingerprint density at radius 2 is 2.25 bits per heavy atom. The molecule has 12 heavy (non-hydrogen) atoms. The van der Waals surface area contributed by atoms with Gasteiger partial charge in [-0.15, -0.1) is 11.3 Å². The molecule has 4 heteroatoms. The summed E-state index contributed by atoms with van der Waals surface area (Å²) in [5, 5.41) is 10.4. The number of fused-ring (bicyclic) bond motifs is 1. The molecule has 0 saturated heterocycles. The molecule has 0 bridgehead atoms. The molecular weight excluding hydrogens is 238 g/mol. The zero-order valence-corrected chi connectivity index (χ0v) is 8.74. The van der Waals surface area contributed by atoms with Crippen molar-refractivity contribution in [3.05, 3.63) is 21.6 Å². The molecule has 0 atom stereocenters. The van der Waals surface area contributed by atoms with Crippen LogP contribution in [0.3, 0.4) is 0 Å². The number of aromatic hydroxyl groups is 1. The van der Waals surface area contributed by atoms with Crippen molar-refractivity contribution in [2.24, 2.45) is 0 Å².